The first-order valence-electron chi connectivity index (χ1n) is 12.6. The van der Waals surface area contributed by atoms with Crippen LogP contribution in [0.4, 0.5) is 0 Å². The van der Waals surface area contributed by atoms with Gasteiger partial charge in [-0.3, -0.25) is 4.98 Å². The van der Waals surface area contributed by atoms with Gasteiger partial charge in [0.05, 0.1) is 24.2 Å². The number of hydrogen-bond acceptors (Lipinski definition) is 6. The zero-order valence-corrected chi connectivity index (χ0v) is 29.8. The Morgan fingerprint density at radius 2 is 0.696 bits per heavy atom. The predicted octanol–water partition coefficient (Wildman–Crippen LogP) is 14.6. The van der Waals surface area contributed by atoms with E-state index in [-0.39, 0.29) is 0 Å². The van der Waals surface area contributed by atoms with Crippen molar-refractivity contribution in [3.05, 3.63) is 251 Å². The lowest BCUT2D eigenvalue weighted by molar-refractivity contribution is 0.558. The quantitative estimate of drug-likeness (QED) is 0.155. The number of nitrogens with zero attached hydrogens (tertiary/aromatic N) is 2. The third-order valence-electron chi connectivity index (χ3n) is 2.21. The van der Waals surface area contributed by atoms with Gasteiger partial charge in [-0.2, -0.15) is 11.3 Å². The Balaban J connectivity index is -0.0000000389. The van der Waals surface area contributed by atoms with Crippen molar-refractivity contribution in [2.24, 2.45) is 0 Å². The Hall–Kier alpha value is -5.56. The molecule has 5 rings (SSSR count). The van der Waals surface area contributed by atoms with Gasteiger partial charge >= 0.3 is 0 Å². The Morgan fingerprint density at radius 1 is 0.326 bits per heavy atom. The van der Waals surface area contributed by atoms with Gasteiger partial charge in [0.2, 0.25) is 0 Å². The Labute approximate surface area is 291 Å². The molecule has 4 heterocycles. The number of furan rings is 1. The van der Waals surface area contributed by atoms with Crippen LogP contribution in [-0.4, -0.2) is 9.97 Å². The van der Waals surface area contributed by atoms with E-state index in [0.29, 0.717) is 0 Å². The summed E-state index contributed by atoms with van der Waals surface area (Å²) in [6, 6.07) is 19.7. The smallest absolute Gasteiger partial charge is 0.180 e. The van der Waals surface area contributed by atoms with Crippen molar-refractivity contribution in [3.63, 3.8) is 0 Å². The molecular weight excluding hydrogens is 605 g/mol. The number of benzene rings is 1. The van der Waals surface area contributed by atoms with E-state index in [9.17, 15) is 0 Å². The lowest BCUT2D eigenvalue weighted by Crippen LogP contribution is -1.47. The van der Waals surface area contributed by atoms with Crippen molar-refractivity contribution in [2.75, 3.05) is 0 Å². The van der Waals surface area contributed by atoms with Crippen LogP contribution >= 0.6 is 22.7 Å². The maximum atomic E-state index is 4.58. The van der Waals surface area contributed by atoms with Gasteiger partial charge in [-0.05, 0) is 22.9 Å². The number of hydrogen-bond donors (Lipinski definition) is 0. The molecule has 4 nitrogen and oxygen atoms in total. The molecule has 0 atom stereocenters. The molecule has 0 radical (unpaired) electrons. The summed E-state index contributed by atoms with van der Waals surface area (Å²) in [5.74, 6) is 0. The highest BCUT2D eigenvalue weighted by Crippen LogP contribution is 1.91. The highest BCUT2D eigenvalue weighted by atomic mass is 32.1. The highest BCUT2D eigenvalue weighted by Gasteiger charge is 1.61. The average Bonchev–Trinajstić information content (AvgIpc) is 4.08. The topological polar surface area (TPSA) is 52.1 Å². The maximum Gasteiger partial charge on any atom is 0.180 e. The van der Waals surface area contributed by atoms with Gasteiger partial charge in [-0.25, -0.2) is 4.98 Å². The van der Waals surface area contributed by atoms with Gasteiger partial charge in [0.1, 0.15) is 6.26 Å². The van der Waals surface area contributed by atoms with Crippen LogP contribution in [-0.2, 0) is 0 Å². The molecule has 0 N–H and O–H groups in total. The summed E-state index contributed by atoms with van der Waals surface area (Å²) in [7, 11) is 0. The highest BCUT2D eigenvalue weighted by molar-refractivity contribution is 7.07. The maximum absolute atomic E-state index is 4.58. The van der Waals surface area contributed by atoms with Crippen molar-refractivity contribution in [2.45, 2.75) is 0 Å². The molecule has 0 aliphatic rings. The molecule has 46 heavy (non-hydrogen) atoms. The SMILES string of the molecule is C=C.C=C.C=C.C=C.C=C.C=C.C=C.C=C.C=C.C=C.c1ccccc1.c1ccoc1.c1ccsc1.c1cocn1.c1cscn1. The molecular formula is C40H60N2O2S2. The largest absolute Gasteiger partial charge is 0.473 e. The first kappa shape index (κ1) is 67.9. The molecule has 1 aromatic carbocycles. The Bertz CT molecular complexity index is 664. The van der Waals surface area contributed by atoms with Crippen LogP contribution in [0, 0.1) is 0 Å². The summed E-state index contributed by atoms with van der Waals surface area (Å²) >= 11 is 3.31. The molecule has 0 saturated heterocycles. The van der Waals surface area contributed by atoms with Crippen molar-refractivity contribution in [3.8, 4) is 0 Å². The standard InChI is InChI=1S/C6H6.C4H4O.C4H4S.C3H3NO.C3H3NS.10C2H4/c1-2-4-6-5-3-1;2*1-2-4-5-3-1;2*1-2-5-3-4-1;10*1-2/h1-6H;2*1-4H;2*1-3H;10*1-2H2. The molecule has 6 heteroatoms. The third kappa shape index (κ3) is 129. The number of oxazole rings is 1. The Kier molecular flexibility index (Phi) is 206. The van der Waals surface area contributed by atoms with Gasteiger partial charge in [0.25, 0.3) is 0 Å². The van der Waals surface area contributed by atoms with Gasteiger partial charge in [-0.15, -0.1) is 143 Å². The zero-order chi connectivity index (χ0) is 38.4. The first-order chi connectivity index (χ1) is 23.0. The van der Waals surface area contributed by atoms with E-state index in [0.717, 1.165) is 0 Å². The monoisotopic (exact) mass is 664 g/mol. The van der Waals surface area contributed by atoms with Gasteiger partial charge < -0.3 is 8.83 Å². The van der Waals surface area contributed by atoms with Crippen molar-refractivity contribution >= 4 is 22.7 Å². The normalized spacial score (nSPS) is 5.39. The minimum atomic E-state index is 1.38. The molecule has 0 aliphatic carbocycles. The van der Waals surface area contributed by atoms with Crippen molar-refractivity contribution in [1.29, 1.82) is 0 Å². The number of thiophene rings is 1. The van der Waals surface area contributed by atoms with E-state index in [1.807, 2.05) is 76.8 Å². The number of aromatic nitrogens is 2. The van der Waals surface area contributed by atoms with Crippen LogP contribution in [0.5, 0.6) is 0 Å². The van der Waals surface area contributed by atoms with Crippen LogP contribution in [0.15, 0.2) is 260 Å². The second-order valence-corrected chi connectivity index (χ2v) is 5.66. The van der Waals surface area contributed by atoms with E-state index >= 15 is 0 Å². The Morgan fingerprint density at radius 3 is 0.804 bits per heavy atom. The van der Waals surface area contributed by atoms with Crippen molar-refractivity contribution < 1.29 is 8.83 Å². The average molecular weight is 665 g/mol. The van der Waals surface area contributed by atoms with E-state index in [2.05, 4.69) is 150 Å². The third-order valence-corrected chi connectivity index (χ3v) is 3.36. The van der Waals surface area contributed by atoms with Gasteiger partial charge in [0, 0.05) is 11.6 Å². The van der Waals surface area contributed by atoms with Gasteiger partial charge in [-0.1, -0.05) is 48.5 Å². The van der Waals surface area contributed by atoms with E-state index < -0.39 is 0 Å². The second kappa shape index (κ2) is 139. The molecule has 254 valence electrons. The summed E-state index contributed by atoms with van der Waals surface area (Å²) in [4.78, 5) is 7.30. The molecule has 0 bridgehead atoms. The summed E-state index contributed by atoms with van der Waals surface area (Å²) in [6.07, 6.45) is 9.49. The summed E-state index contributed by atoms with van der Waals surface area (Å²) < 4.78 is 9.06. The minimum absolute atomic E-state index is 1.38. The van der Waals surface area contributed by atoms with Crippen molar-refractivity contribution in [1.82, 2.24) is 9.97 Å². The molecule has 4 aromatic heterocycles. The molecule has 0 fully saturated rings. The van der Waals surface area contributed by atoms with E-state index in [1.165, 1.54) is 12.7 Å². The summed E-state index contributed by atoms with van der Waals surface area (Å²) in [5, 5.41) is 6.01. The second-order valence-electron chi connectivity index (χ2n) is 4.09. The molecule has 0 spiro atoms. The van der Waals surface area contributed by atoms with Crippen LogP contribution < -0.4 is 0 Å². The lowest BCUT2D eigenvalue weighted by atomic mass is 10.4. The zero-order valence-electron chi connectivity index (χ0n) is 28.2. The number of rotatable bonds is 0. The fraction of sp³-hybridized carbons (Fsp3) is 0. The summed E-state index contributed by atoms with van der Waals surface area (Å²) in [6.45, 7) is 60.0. The molecule has 5 aromatic rings. The molecule has 0 aliphatic heterocycles. The predicted molar refractivity (Wildman–Crippen MR) is 221 cm³/mol. The van der Waals surface area contributed by atoms with E-state index in [1.54, 1.807) is 53.1 Å². The molecule has 0 amide bonds. The van der Waals surface area contributed by atoms with E-state index in [4.69, 9.17) is 0 Å². The summed E-state index contributed by atoms with van der Waals surface area (Å²) in [5.41, 5.74) is 1.79. The fourth-order valence-corrected chi connectivity index (χ4v) is 1.99. The first-order valence-corrected chi connectivity index (χ1v) is 14.5. The van der Waals surface area contributed by atoms with Crippen LogP contribution in [0.2, 0.25) is 0 Å². The van der Waals surface area contributed by atoms with Gasteiger partial charge in [0.15, 0.2) is 6.39 Å². The fourth-order valence-electron chi connectivity index (χ4n) is 1.19. The molecule has 0 unspecified atom stereocenters. The minimum Gasteiger partial charge on any atom is -0.473 e. The van der Waals surface area contributed by atoms with Crippen LogP contribution in [0.25, 0.3) is 0 Å². The lowest BCUT2D eigenvalue weighted by Gasteiger charge is -1.69. The molecule has 0 saturated carbocycles. The van der Waals surface area contributed by atoms with Crippen LogP contribution in [0.3, 0.4) is 0 Å². The number of thiazole rings is 1. The van der Waals surface area contributed by atoms with Crippen LogP contribution in [0.1, 0.15) is 0 Å².